The SMILES string of the molecule is O=C(O)CCCC=CCC1C2CCC(O2)C1CO. The molecule has 2 bridgehead atoms. The highest BCUT2D eigenvalue weighted by Crippen LogP contribution is 2.44. The largest absolute Gasteiger partial charge is 0.481 e. The van der Waals surface area contributed by atoms with Crippen LogP contribution in [0.2, 0.25) is 0 Å². The zero-order valence-electron chi connectivity index (χ0n) is 10.6. The van der Waals surface area contributed by atoms with Gasteiger partial charge in [0.1, 0.15) is 0 Å². The van der Waals surface area contributed by atoms with Gasteiger partial charge in [0.25, 0.3) is 0 Å². The molecular weight excluding hydrogens is 232 g/mol. The van der Waals surface area contributed by atoms with Gasteiger partial charge in [0.2, 0.25) is 0 Å². The number of unbranched alkanes of at least 4 members (excludes halogenated alkanes) is 1. The Balaban J connectivity index is 1.69. The zero-order chi connectivity index (χ0) is 13.0. The highest BCUT2D eigenvalue weighted by atomic mass is 16.5. The molecule has 0 aromatic carbocycles. The van der Waals surface area contributed by atoms with Crippen molar-refractivity contribution in [3.63, 3.8) is 0 Å². The monoisotopic (exact) mass is 254 g/mol. The van der Waals surface area contributed by atoms with Crippen molar-refractivity contribution in [2.75, 3.05) is 6.61 Å². The van der Waals surface area contributed by atoms with Crippen LogP contribution in [0.1, 0.15) is 38.5 Å². The molecule has 4 nitrogen and oxygen atoms in total. The number of allylic oxidation sites excluding steroid dienone is 2. The highest BCUT2D eigenvalue weighted by Gasteiger charge is 2.47. The Hall–Kier alpha value is -0.870. The molecule has 4 unspecified atom stereocenters. The minimum absolute atomic E-state index is 0.221. The summed E-state index contributed by atoms with van der Waals surface area (Å²) in [5.41, 5.74) is 0. The first-order valence-corrected chi connectivity index (χ1v) is 6.85. The first kappa shape index (κ1) is 13.6. The molecule has 0 amide bonds. The molecule has 2 heterocycles. The third-order valence-corrected chi connectivity index (χ3v) is 4.14. The Morgan fingerprint density at radius 1 is 1.22 bits per heavy atom. The van der Waals surface area contributed by atoms with E-state index in [-0.39, 0.29) is 19.1 Å². The van der Waals surface area contributed by atoms with E-state index in [0.717, 1.165) is 25.7 Å². The summed E-state index contributed by atoms with van der Waals surface area (Å²) in [5, 5.41) is 17.9. The van der Waals surface area contributed by atoms with E-state index in [1.165, 1.54) is 0 Å². The molecule has 18 heavy (non-hydrogen) atoms. The Morgan fingerprint density at radius 2 is 1.94 bits per heavy atom. The maximum atomic E-state index is 10.3. The molecule has 0 aromatic heterocycles. The summed E-state index contributed by atoms with van der Waals surface area (Å²) in [4.78, 5) is 10.3. The van der Waals surface area contributed by atoms with Crippen LogP contribution >= 0.6 is 0 Å². The molecular formula is C14H22O4. The second-order valence-electron chi connectivity index (χ2n) is 5.29. The maximum absolute atomic E-state index is 10.3. The number of carbonyl (C=O) groups is 1. The molecule has 0 aromatic rings. The van der Waals surface area contributed by atoms with Crippen molar-refractivity contribution in [1.29, 1.82) is 0 Å². The number of ether oxygens (including phenoxy) is 1. The summed E-state index contributed by atoms with van der Waals surface area (Å²) >= 11 is 0. The fraction of sp³-hybridized carbons (Fsp3) is 0.786. The van der Waals surface area contributed by atoms with Gasteiger partial charge in [0, 0.05) is 18.9 Å². The number of carboxylic acid groups (broad SMARTS) is 1. The second-order valence-corrected chi connectivity index (χ2v) is 5.29. The standard InChI is InChI=1S/C14H22O4/c15-9-11-10(12-7-8-13(11)18-12)5-3-1-2-4-6-14(16)17/h1,3,10-13,15H,2,4-9H2,(H,16,17). The molecule has 102 valence electrons. The molecule has 0 spiro atoms. The third kappa shape index (κ3) is 3.12. The normalized spacial score (nSPS) is 34.5. The summed E-state index contributed by atoms with van der Waals surface area (Å²) in [6, 6.07) is 0. The number of carboxylic acids is 1. The lowest BCUT2D eigenvalue weighted by atomic mass is 9.78. The van der Waals surface area contributed by atoms with Crippen molar-refractivity contribution in [1.82, 2.24) is 0 Å². The highest BCUT2D eigenvalue weighted by molar-refractivity contribution is 5.66. The number of aliphatic carboxylic acids is 1. The van der Waals surface area contributed by atoms with Gasteiger partial charge in [-0.15, -0.1) is 0 Å². The lowest BCUT2D eigenvalue weighted by molar-refractivity contribution is -0.137. The predicted molar refractivity (Wildman–Crippen MR) is 67.2 cm³/mol. The van der Waals surface area contributed by atoms with E-state index in [2.05, 4.69) is 12.2 Å². The second kappa shape index (κ2) is 6.34. The van der Waals surface area contributed by atoms with Gasteiger partial charge in [-0.2, -0.15) is 0 Å². The molecule has 2 fully saturated rings. The molecule has 2 N–H and O–H groups in total. The van der Waals surface area contributed by atoms with Crippen LogP contribution < -0.4 is 0 Å². The van der Waals surface area contributed by atoms with Gasteiger partial charge in [0.15, 0.2) is 0 Å². The first-order valence-electron chi connectivity index (χ1n) is 6.85. The minimum Gasteiger partial charge on any atom is -0.481 e. The molecule has 4 atom stereocenters. The van der Waals surface area contributed by atoms with Gasteiger partial charge in [-0.3, -0.25) is 4.79 Å². The Labute approximate surface area is 108 Å². The quantitative estimate of drug-likeness (QED) is 0.538. The van der Waals surface area contributed by atoms with E-state index in [9.17, 15) is 9.90 Å². The Morgan fingerprint density at radius 3 is 2.61 bits per heavy atom. The lowest BCUT2D eigenvalue weighted by Crippen LogP contribution is -2.29. The summed E-state index contributed by atoms with van der Waals surface area (Å²) in [6.45, 7) is 0.221. The van der Waals surface area contributed by atoms with E-state index in [4.69, 9.17) is 9.84 Å². The van der Waals surface area contributed by atoms with E-state index in [1.54, 1.807) is 0 Å². The fourth-order valence-electron chi connectivity index (χ4n) is 3.19. The van der Waals surface area contributed by atoms with Crippen LogP contribution in [0.3, 0.4) is 0 Å². The summed E-state index contributed by atoms with van der Waals surface area (Å²) < 4.78 is 5.83. The zero-order valence-corrected chi connectivity index (χ0v) is 10.6. The molecule has 2 saturated heterocycles. The molecule has 2 aliphatic heterocycles. The van der Waals surface area contributed by atoms with Crippen molar-refractivity contribution in [3.8, 4) is 0 Å². The fourth-order valence-corrected chi connectivity index (χ4v) is 3.19. The van der Waals surface area contributed by atoms with E-state index in [1.807, 2.05) is 0 Å². The average Bonchev–Trinajstić information content (AvgIpc) is 2.93. The van der Waals surface area contributed by atoms with Crippen LogP contribution in [-0.2, 0) is 9.53 Å². The Kier molecular flexibility index (Phi) is 4.78. The summed E-state index contributed by atoms with van der Waals surface area (Å²) in [7, 11) is 0. The molecule has 0 radical (unpaired) electrons. The Bertz CT molecular complexity index is 313. The van der Waals surface area contributed by atoms with E-state index in [0.29, 0.717) is 24.4 Å². The molecule has 2 rings (SSSR count). The predicted octanol–water partition coefficient (Wildman–Crippen LogP) is 1.97. The lowest BCUT2D eigenvalue weighted by Gasteiger charge is -2.25. The number of aliphatic hydroxyl groups excluding tert-OH is 1. The van der Waals surface area contributed by atoms with E-state index < -0.39 is 5.97 Å². The topological polar surface area (TPSA) is 66.8 Å². The van der Waals surface area contributed by atoms with Crippen LogP contribution in [0.25, 0.3) is 0 Å². The molecule has 0 saturated carbocycles. The van der Waals surface area contributed by atoms with Gasteiger partial charge >= 0.3 is 5.97 Å². The van der Waals surface area contributed by atoms with Crippen LogP contribution in [0.5, 0.6) is 0 Å². The summed E-state index contributed by atoms with van der Waals surface area (Å²) in [6.07, 6.45) is 9.69. The van der Waals surface area contributed by atoms with Gasteiger partial charge in [-0.05, 0) is 38.0 Å². The number of fused-ring (bicyclic) bond motifs is 2. The van der Waals surface area contributed by atoms with Crippen molar-refractivity contribution >= 4 is 5.97 Å². The number of hydrogen-bond acceptors (Lipinski definition) is 3. The number of rotatable bonds is 7. The average molecular weight is 254 g/mol. The maximum Gasteiger partial charge on any atom is 0.303 e. The first-order chi connectivity index (χ1) is 8.72. The molecule has 0 aliphatic carbocycles. The van der Waals surface area contributed by atoms with Gasteiger partial charge < -0.3 is 14.9 Å². The molecule has 2 aliphatic rings. The van der Waals surface area contributed by atoms with Crippen LogP contribution in [-0.4, -0.2) is 35.0 Å². The number of hydrogen-bond donors (Lipinski definition) is 2. The number of aliphatic hydroxyl groups is 1. The van der Waals surface area contributed by atoms with Gasteiger partial charge in [0.05, 0.1) is 12.2 Å². The van der Waals surface area contributed by atoms with Crippen molar-refractivity contribution in [2.45, 2.75) is 50.7 Å². The van der Waals surface area contributed by atoms with Crippen molar-refractivity contribution in [2.24, 2.45) is 11.8 Å². The van der Waals surface area contributed by atoms with Crippen molar-refractivity contribution in [3.05, 3.63) is 12.2 Å². The van der Waals surface area contributed by atoms with Crippen molar-refractivity contribution < 1.29 is 19.7 Å². The smallest absolute Gasteiger partial charge is 0.303 e. The van der Waals surface area contributed by atoms with Gasteiger partial charge in [-0.1, -0.05) is 12.2 Å². The minimum atomic E-state index is -0.731. The summed E-state index contributed by atoms with van der Waals surface area (Å²) in [5.74, 6) is 0.0159. The van der Waals surface area contributed by atoms with Gasteiger partial charge in [-0.25, -0.2) is 0 Å². The van der Waals surface area contributed by atoms with Crippen LogP contribution in [0.4, 0.5) is 0 Å². The molecule has 4 heteroatoms. The third-order valence-electron chi connectivity index (χ3n) is 4.14. The van der Waals surface area contributed by atoms with E-state index >= 15 is 0 Å². The van der Waals surface area contributed by atoms with Crippen LogP contribution in [0, 0.1) is 11.8 Å². The van der Waals surface area contributed by atoms with Crippen LogP contribution in [0.15, 0.2) is 12.2 Å².